The van der Waals surface area contributed by atoms with Gasteiger partial charge in [-0.05, 0) is 12.1 Å². The highest BCUT2D eigenvalue weighted by Crippen LogP contribution is 2.54. The minimum atomic E-state index is -3.35. The normalized spacial score (nSPS) is 31.2. The Bertz CT molecular complexity index is 1010. The van der Waals surface area contributed by atoms with Crippen LogP contribution in [0, 0.1) is 0 Å². The van der Waals surface area contributed by atoms with Crippen molar-refractivity contribution in [1.82, 2.24) is 19.5 Å². The van der Waals surface area contributed by atoms with Crippen molar-refractivity contribution >= 4 is 29.9 Å². The van der Waals surface area contributed by atoms with Gasteiger partial charge >= 0.3 is 7.60 Å². The molecule has 4 heterocycles. The first-order chi connectivity index (χ1) is 12.6. The van der Waals surface area contributed by atoms with Gasteiger partial charge in [-0.3, -0.25) is 13.7 Å². The van der Waals surface area contributed by atoms with E-state index in [4.69, 9.17) is 19.5 Å². The summed E-state index contributed by atoms with van der Waals surface area (Å²) in [4.78, 5) is 12.4. The molecule has 2 saturated heterocycles. The van der Waals surface area contributed by atoms with E-state index in [1.165, 1.54) is 6.33 Å². The van der Waals surface area contributed by atoms with Crippen LogP contribution in [0.4, 0.5) is 5.82 Å². The smallest absolute Gasteiger partial charge is 0.361 e. The predicted molar refractivity (Wildman–Crippen MR) is 92.8 cm³/mol. The Morgan fingerprint density at radius 1 is 1.15 bits per heavy atom. The largest absolute Gasteiger partial charge is 0.382 e. The average Bonchev–Trinajstić information content (AvgIpc) is 3.26. The number of nitrogens with zero attached hydrogens (tertiary/aromatic N) is 4. The van der Waals surface area contributed by atoms with Crippen LogP contribution in [-0.4, -0.2) is 38.3 Å². The molecule has 0 aliphatic carbocycles. The highest BCUT2D eigenvalue weighted by atomic mass is 31.2. The molecule has 0 spiro atoms. The molecule has 26 heavy (non-hydrogen) atoms. The lowest BCUT2D eigenvalue weighted by atomic mass is 10.2. The van der Waals surface area contributed by atoms with Gasteiger partial charge in [0.15, 0.2) is 11.5 Å². The summed E-state index contributed by atoms with van der Waals surface area (Å²) in [6, 6.07) is 8.97. The number of fused-ring (bicyclic) bond motifs is 2. The molecule has 2 aliphatic rings. The van der Waals surface area contributed by atoms with Gasteiger partial charge in [0, 0.05) is 6.42 Å². The van der Waals surface area contributed by atoms with Crippen molar-refractivity contribution in [2.75, 3.05) is 12.3 Å². The molecule has 2 fully saturated rings. The highest BCUT2D eigenvalue weighted by molar-refractivity contribution is 7.62. The number of nitrogen functional groups attached to an aromatic ring is 1. The monoisotopic (exact) mass is 373 g/mol. The fourth-order valence-electron chi connectivity index (χ4n) is 3.34. The third-order valence-electron chi connectivity index (χ3n) is 4.63. The van der Waals surface area contributed by atoms with Gasteiger partial charge < -0.3 is 15.0 Å². The second-order valence-electron chi connectivity index (χ2n) is 6.22. The third-order valence-corrected chi connectivity index (χ3v) is 6.60. The Kier molecular flexibility index (Phi) is 3.58. The van der Waals surface area contributed by atoms with Gasteiger partial charge in [-0.1, -0.05) is 18.2 Å². The quantitative estimate of drug-likeness (QED) is 0.674. The van der Waals surface area contributed by atoms with E-state index in [-0.39, 0.29) is 25.0 Å². The Morgan fingerprint density at radius 2 is 2.00 bits per heavy atom. The zero-order chi connectivity index (χ0) is 17.7. The molecule has 1 aromatic carbocycles. The summed E-state index contributed by atoms with van der Waals surface area (Å²) in [6.45, 7) is 0.205. The van der Waals surface area contributed by atoms with Crippen LogP contribution in [0.3, 0.4) is 0 Å². The number of rotatable bonds is 2. The van der Waals surface area contributed by atoms with Crippen LogP contribution in [0.1, 0.15) is 12.6 Å². The first-order valence-electron chi connectivity index (χ1n) is 8.21. The predicted octanol–water partition coefficient (Wildman–Crippen LogP) is 1.63. The number of nitrogens with two attached hydrogens (primary N) is 1. The van der Waals surface area contributed by atoms with Gasteiger partial charge in [-0.25, -0.2) is 15.0 Å². The summed E-state index contributed by atoms with van der Waals surface area (Å²) >= 11 is 0. The lowest BCUT2D eigenvalue weighted by Gasteiger charge is -2.30. The lowest BCUT2D eigenvalue weighted by Crippen LogP contribution is -2.35. The minimum Gasteiger partial charge on any atom is -0.382 e. The molecule has 2 aromatic heterocycles. The van der Waals surface area contributed by atoms with Crippen LogP contribution < -0.4 is 11.0 Å². The van der Waals surface area contributed by atoms with Gasteiger partial charge in [-0.2, -0.15) is 0 Å². The van der Waals surface area contributed by atoms with Crippen LogP contribution in [0.15, 0.2) is 43.0 Å². The van der Waals surface area contributed by atoms with Crippen LogP contribution in [0.25, 0.3) is 11.2 Å². The van der Waals surface area contributed by atoms with Gasteiger partial charge in [0.1, 0.15) is 30.3 Å². The van der Waals surface area contributed by atoms with E-state index in [1.807, 2.05) is 18.2 Å². The maximum absolute atomic E-state index is 13.1. The summed E-state index contributed by atoms with van der Waals surface area (Å²) in [7, 11) is -3.35. The number of imidazole rings is 1. The van der Waals surface area contributed by atoms with Gasteiger partial charge in [0.25, 0.3) is 0 Å². The van der Waals surface area contributed by atoms with Crippen molar-refractivity contribution in [3.05, 3.63) is 43.0 Å². The Hall–Kier alpha value is -2.32. The second-order valence-corrected chi connectivity index (χ2v) is 8.20. The molecule has 2 N–H and O–H groups in total. The standard InChI is InChI=1S/C16H16N5O4P/c17-15-14-16(19-8-18-15)21(9-20-14)13-6-11-12(24-13)7-23-26(22,25-11)10-4-2-1-3-5-10/h1-5,8-9,11-13H,6-7H2,(H2,17,18,19)/t11-,12+,13+,26?/m0/s1. The van der Waals surface area contributed by atoms with E-state index in [0.29, 0.717) is 28.7 Å². The number of ether oxygens (including phenoxy) is 1. The molecule has 9 nitrogen and oxygen atoms in total. The van der Waals surface area contributed by atoms with Crippen LogP contribution in [-0.2, 0) is 18.3 Å². The maximum Gasteiger partial charge on any atom is 0.361 e. The van der Waals surface area contributed by atoms with Crippen LogP contribution in [0.2, 0.25) is 0 Å². The summed E-state index contributed by atoms with van der Waals surface area (Å²) in [5.41, 5.74) is 6.95. The third kappa shape index (κ3) is 2.44. The Labute approximate surface area is 148 Å². The van der Waals surface area contributed by atoms with E-state index < -0.39 is 7.60 Å². The molecule has 3 aromatic rings. The molecular formula is C16H16N5O4P. The number of anilines is 1. The zero-order valence-corrected chi connectivity index (χ0v) is 14.5. The number of hydrogen-bond donors (Lipinski definition) is 1. The van der Waals surface area contributed by atoms with E-state index in [9.17, 15) is 4.57 Å². The lowest BCUT2D eigenvalue weighted by molar-refractivity contribution is -0.0549. The van der Waals surface area contributed by atoms with Crippen molar-refractivity contribution < 1.29 is 18.3 Å². The molecular weight excluding hydrogens is 357 g/mol. The van der Waals surface area contributed by atoms with Crippen molar-refractivity contribution in [3.63, 3.8) is 0 Å². The molecule has 134 valence electrons. The molecule has 0 bridgehead atoms. The number of hydrogen-bond acceptors (Lipinski definition) is 8. The fourth-order valence-corrected chi connectivity index (χ4v) is 5.13. The number of benzene rings is 1. The van der Waals surface area contributed by atoms with Crippen LogP contribution >= 0.6 is 7.60 Å². The first kappa shape index (κ1) is 15.9. The molecule has 0 radical (unpaired) electrons. The molecule has 4 atom stereocenters. The summed E-state index contributed by atoms with van der Waals surface area (Å²) in [5, 5.41) is 0.551. The van der Waals surface area contributed by atoms with E-state index in [2.05, 4.69) is 15.0 Å². The fraction of sp³-hybridized carbons (Fsp3) is 0.312. The van der Waals surface area contributed by atoms with Crippen LogP contribution in [0.5, 0.6) is 0 Å². The first-order valence-corrected chi connectivity index (χ1v) is 9.75. The topological polar surface area (TPSA) is 114 Å². The minimum absolute atomic E-state index is 0.205. The Morgan fingerprint density at radius 3 is 2.85 bits per heavy atom. The van der Waals surface area contributed by atoms with Gasteiger partial charge in [0.05, 0.1) is 18.2 Å². The highest BCUT2D eigenvalue weighted by Gasteiger charge is 2.47. The number of aromatic nitrogens is 4. The van der Waals surface area contributed by atoms with Crippen molar-refractivity contribution in [1.29, 1.82) is 0 Å². The Balaban J connectivity index is 1.42. The summed E-state index contributed by atoms with van der Waals surface area (Å²) in [5.74, 6) is 0.317. The SMILES string of the molecule is Nc1ncnc2c1ncn2[C@H]1C[C@@H]2OP(=O)(c3ccccc3)OC[C@H]2O1. The molecule has 1 unspecified atom stereocenters. The molecule has 0 amide bonds. The van der Waals surface area contributed by atoms with Gasteiger partial charge in [-0.15, -0.1) is 0 Å². The molecule has 10 heteroatoms. The van der Waals surface area contributed by atoms with Crippen molar-refractivity contribution in [2.24, 2.45) is 0 Å². The van der Waals surface area contributed by atoms with E-state index in [1.54, 1.807) is 23.0 Å². The zero-order valence-electron chi connectivity index (χ0n) is 13.6. The van der Waals surface area contributed by atoms with Crippen molar-refractivity contribution in [3.8, 4) is 0 Å². The summed E-state index contributed by atoms with van der Waals surface area (Å²) in [6.07, 6.45) is 2.53. The maximum atomic E-state index is 13.1. The summed E-state index contributed by atoms with van der Waals surface area (Å²) < 4.78 is 32.3. The van der Waals surface area contributed by atoms with E-state index in [0.717, 1.165) is 0 Å². The second kappa shape index (κ2) is 5.85. The van der Waals surface area contributed by atoms with Gasteiger partial charge in [0.2, 0.25) is 0 Å². The average molecular weight is 373 g/mol. The van der Waals surface area contributed by atoms with E-state index >= 15 is 0 Å². The van der Waals surface area contributed by atoms with Crippen molar-refractivity contribution in [2.45, 2.75) is 24.9 Å². The molecule has 2 aliphatic heterocycles. The molecule has 5 rings (SSSR count). The molecule has 0 saturated carbocycles.